The van der Waals surface area contributed by atoms with Crippen LogP contribution in [-0.4, -0.2) is 52.6 Å². The van der Waals surface area contributed by atoms with Crippen LogP contribution in [0.15, 0.2) is 12.1 Å². The number of carbonyl (C=O) groups excluding carboxylic acids is 2. The van der Waals surface area contributed by atoms with Crippen LogP contribution < -0.4 is 0 Å². The molecule has 0 radical (unpaired) electrons. The molecule has 1 heterocycles. The Labute approximate surface area is 185 Å². The maximum Gasteiger partial charge on any atom is 0.307 e. The Morgan fingerprint density at radius 3 is 2.23 bits per heavy atom. The van der Waals surface area contributed by atoms with Crippen molar-refractivity contribution in [3.63, 3.8) is 0 Å². The Hall–Kier alpha value is -1.69. The summed E-state index contributed by atoms with van der Waals surface area (Å²) in [5.74, 6) is 1.04. The van der Waals surface area contributed by atoms with Gasteiger partial charge >= 0.3 is 5.97 Å². The highest BCUT2D eigenvalue weighted by Crippen LogP contribution is 2.40. The average Bonchev–Trinajstić information content (AvgIpc) is 2.62. The van der Waals surface area contributed by atoms with Gasteiger partial charge in [0.15, 0.2) is 0 Å². The monoisotopic (exact) mass is 435 g/mol. The number of phenols is 1. The Morgan fingerprint density at radius 2 is 1.73 bits per heavy atom. The highest BCUT2D eigenvalue weighted by molar-refractivity contribution is 8.00. The molecule has 1 unspecified atom stereocenters. The molecule has 2 rings (SSSR count). The number of esters is 1. The molecule has 0 aromatic heterocycles. The molecule has 5 nitrogen and oxygen atoms in total. The molecular weight excluding hydrogens is 398 g/mol. The van der Waals surface area contributed by atoms with Crippen LogP contribution in [-0.2, 0) is 31.6 Å². The minimum atomic E-state index is -0.261. The van der Waals surface area contributed by atoms with E-state index in [4.69, 9.17) is 4.74 Å². The third kappa shape index (κ3) is 6.16. The molecule has 6 heteroatoms. The lowest BCUT2D eigenvalue weighted by atomic mass is 9.78. The Balaban J connectivity index is 2.24. The van der Waals surface area contributed by atoms with Crippen LogP contribution in [0.1, 0.15) is 71.6 Å². The van der Waals surface area contributed by atoms with Gasteiger partial charge in [0.25, 0.3) is 0 Å². The van der Waals surface area contributed by atoms with Crippen molar-refractivity contribution in [2.45, 2.75) is 77.4 Å². The van der Waals surface area contributed by atoms with Crippen LogP contribution >= 0.6 is 11.8 Å². The number of rotatable bonds is 6. The summed E-state index contributed by atoms with van der Waals surface area (Å²) < 4.78 is 4.99. The van der Waals surface area contributed by atoms with Crippen molar-refractivity contribution in [3.8, 4) is 5.75 Å². The fourth-order valence-corrected chi connectivity index (χ4v) is 4.90. The van der Waals surface area contributed by atoms with E-state index >= 15 is 0 Å². The number of ether oxygens (including phenoxy) is 1. The van der Waals surface area contributed by atoms with Crippen LogP contribution in [0, 0.1) is 0 Å². The molecule has 1 fully saturated rings. The molecule has 0 spiro atoms. The van der Waals surface area contributed by atoms with E-state index in [0.29, 0.717) is 31.9 Å². The zero-order valence-corrected chi connectivity index (χ0v) is 20.3. The molecule has 1 aliphatic heterocycles. The van der Waals surface area contributed by atoms with Gasteiger partial charge in [-0.15, -0.1) is 11.8 Å². The van der Waals surface area contributed by atoms with Crippen LogP contribution in [0.5, 0.6) is 5.75 Å². The minimum Gasteiger partial charge on any atom is -0.507 e. The second kappa shape index (κ2) is 9.63. The molecule has 1 N–H and O–H groups in total. The number of thioether (sulfide) groups is 1. The molecule has 30 heavy (non-hydrogen) atoms. The second-order valence-electron chi connectivity index (χ2n) is 9.98. The fourth-order valence-electron chi connectivity index (χ4n) is 3.69. The molecule has 1 aromatic carbocycles. The maximum atomic E-state index is 13.0. The molecule has 1 atom stereocenters. The molecule has 0 aliphatic carbocycles. The lowest BCUT2D eigenvalue weighted by Crippen LogP contribution is -2.45. The third-order valence-electron chi connectivity index (χ3n) is 5.37. The van der Waals surface area contributed by atoms with E-state index < -0.39 is 0 Å². The van der Waals surface area contributed by atoms with Crippen molar-refractivity contribution < 1.29 is 19.4 Å². The summed E-state index contributed by atoms with van der Waals surface area (Å²) in [5.41, 5.74) is 2.50. The van der Waals surface area contributed by atoms with E-state index in [9.17, 15) is 14.7 Å². The summed E-state index contributed by atoms with van der Waals surface area (Å²) in [6.45, 7) is 15.8. The van der Waals surface area contributed by atoms with Gasteiger partial charge in [-0.1, -0.05) is 53.7 Å². The smallest absolute Gasteiger partial charge is 0.307 e. The Morgan fingerprint density at radius 1 is 1.17 bits per heavy atom. The third-order valence-corrected chi connectivity index (χ3v) is 6.55. The number of hydrogen-bond donors (Lipinski definition) is 1. The minimum absolute atomic E-state index is 0.0817. The fraction of sp³-hybridized carbons (Fsp3) is 0.667. The largest absolute Gasteiger partial charge is 0.507 e. The summed E-state index contributed by atoms with van der Waals surface area (Å²) in [6.07, 6.45) is 0.852. The summed E-state index contributed by atoms with van der Waals surface area (Å²) in [4.78, 5) is 26.5. The van der Waals surface area contributed by atoms with Gasteiger partial charge in [0.1, 0.15) is 5.75 Å². The molecule has 1 aromatic rings. The van der Waals surface area contributed by atoms with Crippen molar-refractivity contribution in [1.82, 2.24) is 4.90 Å². The van der Waals surface area contributed by atoms with Crippen LogP contribution in [0.2, 0.25) is 0 Å². The van der Waals surface area contributed by atoms with Crippen molar-refractivity contribution >= 4 is 23.6 Å². The van der Waals surface area contributed by atoms with Gasteiger partial charge in [0.05, 0.1) is 18.3 Å². The van der Waals surface area contributed by atoms with Gasteiger partial charge in [-0.25, -0.2) is 0 Å². The first-order valence-electron chi connectivity index (χ1n) is 10.8. The van der Waals surface area contributed by atoms with E-state index in [1.807, 2.05) is 0 Å². The van der Waals surface area contributed by atoms with E-state index in [1.54, 1.807) is 23.6 Å². The van der Waals surface area contributed by atoms with Crippen LogP contribution in [0.4, 0.5) is 0 Å². The highest BCUT2D eigenvalue weighted by Gasteiger charge is 2.32. The van der Waals surface area contributed by atoms with Crippen molar-refractivity contribution in [1.29, 1.82) is 0 Å². The lowest BCUT2D eigenvalue weighted by molar-refractivity contribution is -0.144. The van der Waals surface area contributed by atoms with Gasteiger partial charge < -0.3 is 14.7 Å². The summed E-state index contributed by atoms with van der Waals surface area (Å²) in [7, 11) is 0. The van der Waals surface area contributed by atoms with Gasteiger partial charge in [-0.05, 0) is 40.9 Å². The predicted molar refractivity (Wildman–Crippen MR) is 123 cm³/mol. The lowest BCUT2D eigenvalue weighted by Gasteiger charge is -2.33. The van der Waals surface area contributed by atoms with Crippen molar-refractivity contribution in [3.05, 3.63) is 28.8 Å². The molecule has 1 saturated heterocycles. The Kier molecular flexibility index (Phi) is 7.89. The normalized spacial score (nSPS) is 17.9. The number of benzene rings is 1. The Bertz CT molecular complexity index is 741. The predicted octanol–water partition coefficient (Wildman–Crippen LogP) is 4.43. The van der Waals surface area contributed by atoms with Gasteiger partial charge in [0.2, 0.25) is 5.91 Å². The summed E-state index contributed by atoms with van der Waals surface area (Å²) in [5, 5.41) is 10.8. The topological polar surface area (TPSA) is 66.8 Å². The number of amides is 1. The van der Waals surface area contributed by atoms with E-state index in [-0.39, 0.29) is 34.4 Å². The van der Waals surface area contributed by atoms with E-state index in [0.717, 1.165) is 22.4 Å². The number of aromatic hydroxyl groups is 1. The summed E-state index contributed by atoms with van der Waals surface area (Å²) in [6, 6.07) is 4.10. The highest BCUT2D eigenvalue weighted by atomic mass is 32.2. The van der Waals surface area contributed by atoms with E-state index in [2.05, 4.69) is 53.7 Å². The number of hydrogen-bond acceptors (Lipinski definition) is 5. The van der Waals surface area contributed by atoms with Crippen LogP contribution in [0.3, 0.4) is 0 Å². The first-order chi connectivity index (χ1) is 13.8. The molecule has 0 saturated carbocycles. The van der Waals surface area contributed by atoms with Crippen molar-refractivity contribution in [2.75, 3.05) is 25.4 Å². The van der Waals surface area contributed by atoms with Gasteiger partial charge in [-0.3, -0.25) is 9.59 Å². The van der Waals surface area contributed by atoms with Gasteiger partial charge in [0, 0.05) is 18.8 Å². The summed E-state index contributed by atoms with van der Waals surface area (Å²) >= 11 is 1.68. The number of phenolic OH excluding ortho intramolecular Hbond substituents is 1. The van der Waals surface area contributed by atoms with Crippen LogP contribution in [0.25, 0.3) is 0 Å². The number of nitrogens with zero attached hydrogens (tertiary/aromatic N) is 1. The first kappa shape index (κ1) is 24.6. The second-order valence-corrected chi connectivity index (χ2v) is 11.3. The standard InChI is InChI=1S/C24H37NO4S/c1-8-29-20(26)9-10-25-11-12-30-19(22(25)28)15-16-13-17(23(2,3)4)21(27)18(14-16)24(5,6)7/h13-14,19,27H,8-12,15H2,1-7H3. The molecule has 0 bridgehead atoms. The SMILES string of the molecule is CCOC(=O)CCN1CCSC(Cc2cc(C(C)(C)C)c(O)c(C(C)(C)C)c2)C1=O. The zero-order chi connectivity index (χ0) is 22.7. The first-order valence-corrected chi connectivity index (χ1v) is 11.8. The van der Waals surface area contributed by atoms with Crippen molar-refractivity contribution in [2.24, 2.45) is 0 Å². The molecule has 1 aliphatic rings. The molecule has 168 valence electrons. The van der Waals surface area contributed by atoms with E-state index in [1.165, 1.54) is 0 Å². The zero-order valence-electron chi connectivity index (χ0n) is 19.5. The van der Waals surface area contributed by atoms with Gasteiger partial charge in [-0.2, -0.15) is 0 Å². The molecular formula is C24H37NO4S. The average molecular weight is 436 g/mol. The molecule has 1 amide bonds. The number of carbonyl (C=O) groups is 2. The quantitative estimate of drug-likeness (QED) is 0.670. The maximum absolute atomic E-state index is 13.0.